The van der Waals surface area contributed by atoms with Gasteiger partial charge in [0.25, 0.3) is 0 Å². The zero-order valence-corrected chi connectivity index (χ0v) is 8.52. The van der Waals surface area contributed by atoms with Crippen LogP contribution in [0.3, 0.4) is 0 Å². The average Bonchev–Trinajstić information content (AvgIpc) is 2.46. The first-order valence-electron chi connectivity index (χ1n) is 4.99. The number of rotatable bonds is 2. The standard InChI is InChI=1S/C12H14FN/c1-3-4-11-8(2)10-7-9(13)5-6-12(10)14-11/h5-7,14H,3-4H2,1-2H3. The van der Waals surface area contributed by atoms with Gasteiger partial charge in [-0.05, 0) is 37.1 Å². The molecule has 0 bridgehead atoms. The third-order valence-corrected chi connectivity index (χ3v) is 2.62. The molecule has 1 aromatic heterocycles. The van der Waals surface area contributed by atoms with E-state index in [-0.39, 0.29) is 5.82 Å². The number of H-pyrrole nitrogens is 1. The number of nitrogens with one attached hydrogen (secondary N) is 1. The van der Waals surface area contributed by atoms with Crippen LogP contribution in [0.1, 0.15) is 24.6 Å². The third-order valence-electron chi connectivity index (χ3n) is 2.62. The van der Waals surface area contributed by atoms with Gasteiger partial charge in [0, 0.05) is 16.6 Å². The van der Waals surface area contributed by atoms with E-state index < -0.39 is 0 Å². The summed E-state index contributed by atoms with van der Waals surface area (Å²) in [5.41, 5.74) is 3.45. The number of aromatic amines is 1. The highest BCUT2D eigenvalue weighted by molar-refractivity contribution is 5.84. The Hall–Kier alpha value is -1.31. The van der Waals surface area contributed by atoms with Crippen molar-refractivity contribution in [2.45, 2.75) is 26.7 Å². The topological polar surface area (TPSA) is 15.8 Å². The fourth-order valence-corrected chi connectivity index (χ4v) is 1.85. The Labute approximate surface area is 82.9 Å². The van der Waals surface area contributed by atoms with Gasteiger partial charge in [-0.15, -0.1) is 0 Å². The van der Waals surface area contributed by atoms with Crippen LogP contribution in [0.25, 0.3) is 10.9 Å². The summed E-state index contributed by atoms with van der Waals surface area (Å²) >= 11 is 0. The van der Waals surface area contributed by atoms with Gasteiger partial charge in [-0.1, -0.05) is 13.3 Å². The number of hydrogen-bond donors (Lipinski definition) is 1. The minimum Gasteiger partial charge on any atom is -0.358 e. The minimum absolute atomic E-state index is 0.164. The van der Waals surface area contributed by atoms with Gasteiger partial charge in [0.2, 0.25) is 0 Å². The summed E-state index contributed by atoms with van der Waals surface area (Å²) in [6.45, 7) is 4.19. The van der Waals surface area contributed by atoms with Crippen LogP contribution in [0.15, 0.2) is 18.2 Å². The summed E-state index contributed by atoms with van der Waals surface area (Å²) in [5, 5.41) is 1.01. The highest BCUT2D eigenvalue weighted by atomic mass is 19.1. The highest BCUT2D eigenvalue weighted by Crippen LogP contribution is 2.23. The van der Waals surface area contributed by atoms with Crippen molar-refractivity contribution >= 4 is 10.9 Å². The molecule has 0 fully saturated rings. The Kier molecular flexibility index (Phi) is 2.28. The Morgan fingerprint density at radius 3 is 2.86 bits per heavy atom. The first kappa shape index (κ1) is 9.25. The van der Waals surface area contributed by atoms with E-state index in [0.29, 0.717) is 0 Å². The van der Waals surface area contributed by atoms with Gasteiger partial charge in [-0.3, -0.25) is 0 Å². The van der Waals surface area contributed by atoms with Gasteiger partial charge in [-0.2, -0.15) is 0 Å². The zero-order valence-electron chi connectivity index (χ0n) is 8.52. The summed E-state index contributed by atoms with van der Waals surface area (Å²) in [6.07, 6.45) is 2.14. The van der Waals surface area contributed by atoms with E-state index in [1.54, 1.807) is 12.1 Å². The SMILES string of the molecule is CCCc1[nH]c2ccc(F)cc2c1C. The molecule has 1 N–H and O–H groups in total. The molecule has 0 aliphatic heterocycles. The summed E-state index contributed by atoms with van der Waals surface area (Å²) in [4.78, 5) is 3.33. The van der Waals surface area contributed by atoms with Crippen molar-refractivity contribution in [1.29, 1.82) is 0 Å². The van der Waals surface area contributed by atoms with Crippen LogP contribution < -0.4 is 0 Å². The third kappa shape index (κ3) is 1.41. The Morgan fingerprint density at radius 2 is 2.14 bits per heavy atom. The summed E-state index contributed by atoms with van der Waals surface area (Å²) < 4.78 is 13.0. The van der Waals surface area contributed by atoms with E-state index in [2.05, 4.69) is 11.9 Å². The number of benzene rings is 1. The Bertz CT molecular complexity index is 457. The van der Waals surface area contributed by atoms with Crippen molar-refractivity contribution < 1.29 is 4.39 Å². The minimum atomic E-state index is -0.164. The van der Waals surface area contributed by atoms with Crippen LogP contribution in [0, 0.1) is 12.7 Å². The van der Waals surface area contributed by atoms with Gasteiger partial charge in [0.1, 0.15) is 5.82 Å². The molecule has 2 rings (SSSR count). The van der Waals surface area contributed by atoms with Crippen LogP contribution in [0.5, 0.6) is 0 Å². The number of halogens is 1. The first-order valence-corrected chi connectivity index (χ1v) is 4.99. The van der Waals surface area contributed by atoms with E-state index >= 15 is 0 Å². The molecular weight excluding hydrogens is 177 g/mol. The second-order valence-electron chi connectivity index (χ2n) is 3.67. The molecule has 0 atom stereocenters. The molecule has 0 saturated carbocycles. The van der Waals surface area contributed by atoms with Crippen LogP contribution in [-0.2, 0) is 6.42 Å². The first-order chi connectivity index (χ1) is 6.72. The van der Waals surface area contributed by atoms with Crippen LogP contribution in [0.4, 0.5) is 4.39 Å². The predicted molar refractivity (Wildman–Crippen MR) is 57.0 cm³/mol. The van der Waals surface area contributed by atoms with Crippen molar-refractivity contribution in [3.05, 3.63) is 35.3 Å². The normalized spacial score (nSPS) is 11.1. The molecule has 0 aliphatic rings. The molecule has 0 radical (unpaired) electrons. The van der Waals surface area contributed by atoms with E-state index in [4.69, 9.17) is 0 Å². The summed E-state index contributed by atoms with van der Waals surface area (Å²) in [7, 11) is 0. The fourth-order valence-electron chi connectivity index (χ4n) is 1.85. The smallest absolute Gasteiger partial charge is 0.123 e. The van der Waals surface area contributed by atoms with Crippen molar-refractivity contribution in [2.24, 2.45) is 0 Å². The monoisotopic (exact) mass is 191 g/mol. The van der Waals surface area contributed by atoms with E-state index in [1.165, 1.54) is 17.3 Å². The lowest BCUT2D eigenvalue weighted by atomic mass is 10.1. The maximum atomic E-state index is 13.0. The quantitative estimate of drug-likeness (QED) is 0.747. The lowest BCUT2D eigenvalue weighted by molar-refractivity contribution is 0.629. The van der Waals surface area contributed by atoms with Crippen LogP contribution in [0.2, 0.25) is 0 Å². The van der Waals surface area contributed by atoms with Crippen LogP contribution in [-0.4, -0.2) is 4.98 Å². The molecule has 1 nitrogen and oxygen atoms in total. The maximum Gasteiger partial charge on any atom is 0.123 e. The van der Waals surface area contributed by atoms with Gasteiger partial charge in [0.05, 0.1) is 0 Å². The molecule has 0 unspecified atom stereocenters. The molecule has 2 heteroatoms. The van der Waals surface area contributed by atoms with Crippen molar-refractivity contribution in [1.82, 2.24) is 4.98 Å². The maximum absolute atomic E-state index is 13.0. The number of aromatic nitrogens is 1. The van der Waals surface area contributed by atoms with Crippen molar-refractivity contribution in [3.8, 4) is 0 Å². The number of hydrogen-bond acceptors (Lipinski definition) is 0. The number of aryl methyl sites for hydroxylation is 2. The van der Waals surface area contributed by atoms with Gasteiger partial charge < -0.3 is 4.98 Å². The summed E-state index contributed by atoms with van der Waals surface area (Å²) in [5.74, 6) is -0.164. The van der Waals surface area contributed by atoms with Gasteiger partial charge in [-0.25, -0.2) is 4.39 Å². The molecular formula is C12H14FN. The summed E-state index contributed by atoms with van der Waals surface area (Å²) in [6, 6.07) is 4.89. The molecule has 14 heavy (non-hydrogen) atoms. The van der Waals surface area contributed by atoms with Gasteiger partial charge in [0.15, 0.2) is 0 Å². The lowest BCUT2D eigenvalue weighted by Gasteiger charge is -1.95. The average molecular weight is 191 g/mol. The predicted octanol–water partition coefficient (Wildman–Crippen LogP) is 3.57. The van der Waals surface area contributed by atoms with E-state index in [1.807, 2.05) is 6.92 Å². The molecule has 0 amide bonds. The van der Waals surface area contributed by atoms with E-state index in [0.717, 1.165) is 23.7 Å². The Morgan fingerprint density at radius 1 is 1.36 bits per heavy atom. The van der Waals surface area contributed by atoms with Crippen molar-refractivity contribution in [3.63, 3.8) is 0 Å². The second kappa shape index (κ2) is 3.45. The molecule has 1 heterocycles. The molecule has 2 aromatic rings. The second-order valence-corrected chi connectivity index (χ2v) is 3.67. The molecule has 0 saturated heterocycles. The molecule has 1 aromatic carbocycles. The van der Waals surface area contributed by atoms with Crippen LogP contribution >= 0.6 is 0 Å². The molecule has 0 aliphatic carbocycles. The zero-order chi connectivity index (χ0) is 10.1. The van der Waals surface area contributed by atoms with E-state index in [9.17, 15) is 4.39 Å². The highest BCUT2D eigenvalue weighted by Gasteiger charge is 2.06. The molecule has 0 spiro atoms. The largest absolute Gasteiger partial charge is 0.358 e. The fraction of sp³-hybridized carbons (Fsp3) is 0.333. The lowest BCUT2D eigenvalue weighted by Crippen LogP contribution is -1.84. The Balaban J connectivity index is 2.62. The van der Waals surface area contributed by atoms with Crippen molar-refractivity contribution in [2.75, 3.05) is 0 Å². The molecule has 74 valence electrons. The number of fused-ring (bicyclic) bond motifs is 1. The van der Waals surface area contributed by atoms with Gasteiger partial charge >= 0.3 is 0 Å².